The second-order valence-electron chi connectivity index (χ2n) is 5.74. The van der Waals surface area contributed by atoms with Crippen LogP contribution in [0.2, 0.25) is 0 Å². The summed E-state index contributed by atoms with van der Waals surface area (Å²) in [4.78, 5) is 4.20. The van der Waals surface area contributed by atoms with Crippen molar-refractivity contribution in [1.82, 2.24) is 0 Å². The van der Waals surface area contributed by atoms with Crippen LogP contribution in [0.3, 0.4) is 0 Å². The first-order valence-corrected chi connectivity index (χ1v) is 7.72. The van der Waals surface area contributed by atoms with Gasteiger partial charge in [0.2, 0.25) is 0 Å². The predicted molar refractivity (Wildman–Crippen MR) is 82.8 cm³/mol. The van der Waals surface area contributed by atoms with Gasteiger partial charge in [0, 0.05) is 19.1 Å². The third-order valence-corrected chi connectivity index (χ3v) is 4.82. The third kappa shape index (κ3) is 1.56. The van der Waals surface area contributed by atoms with E-state index in [2.05, 4.69) is 17.1 Å². The molecule has 6 nitrogen and oxygen atoms in total. The van der Waals surface area contributed by atoms with E-state index in [1.54, 1.807) is 32.0 Å². The first kappa shape index (κ1) is 16.4. The van der Waals surface area contributed by atoms with Gasteiger partial charge < -0.3 is 15.2 Å². The SMILES string of the molecule is CCOC1(OCC)N=C(N)[C@@]2(C#N)[C@H](c3ccccc3F)[C@@]12C#N. The highest BCUT2D eigenvalue weighted by atomic mass is 19.1. The molecular formula is C17H17FN4O2. The van der Waals surface area contributed by atoms with Crippen molar-refractivity contribution >= 4 is 5.84 Å². The van der Waals surface area contributed by atoms with Gasteiger partial charge in [-0.1, -0.05) is 18.2 Å². The Balaban J connectivity index is 2.25. The van der Waals surface area contributed by atoms with E-state index < -0.39 is 28.5 Å². The quantitative estimate of drug-likeness (QED) is 0.833. The molecule has 0 bridgehead atoms. The van der Waals surface area contributed by atoms with Crippen LogP contribution in [0.5, 0.6) is 0 Å². The molecule has 1 saturated carbocycles. The molecule has 1 heterocycles. The van der Waals surface area contributed by atoms with Crippen LogP contribution in [0, 0.1) is 39.3 Å². The van der Waals surface area contributed by atoms with Crippen LogP contribution in [-0.2, 0) is 9.47 Å². The van der Waals surface area contributed by atoms with Gasteiger partial charge in [0.25, 0.3) is 5.91 Å². The van der Waals surface area contributed by atoms with Gasteiger partial charge in [-0.25, -0.2) is 9.38 Å². The van der Waals surface area contributed by atoms with Crippen molar-refractivity contribution in [2.24, 2.45) is 21.6 Å². The number of nitrogens with two attached hydrogens (primary N) is 1. The summed E-state index contributed by atoms with van der Waals surface area (Å²) in [6.07, 6.45) is 0. The summed E-state index contributed by atoms with van der Waals surface area (Å²) in [5, 5.41) is 19.8. The van der Waals surface area contributed by atoms with Crippen LogP contribution in [0.4, 0.5) is 4.39 Å². The molecule has 24 heavy (non-hydrogen) atoms. The highest BCUT2D eigenvalue weighted by Crippen LogP contribution is 2.82. The van der Waals surface area contributed by atoms with Gasteiger partial charge in [-0.2, -0.15) is 10.5 Å². The van der Waals surface area contributed by atoms with Crippen molar-refractivity contribution in [3.05, 3.63) is 35.6 Å². The molecular weight excluding hydrogens is 311 g/mol. The zero-order valence-electron chi connectivity index (χ0n) is 13.4. The van der Waals surface area contributed by atoms with Crippen LogP contribution in [0.1, 0.15) is 25.3 Å². The van der Waals surface area contributed by atoms with Crippen molar-refractivity contribution in [1.29, 1.82) is 10.5 Å². The van der Waals surface area contributed by atoms with Gasteiger partial charge in [0.15, 0.2) is 5.41 Å². The van der Waals surface area contributed by atoms with Crippen LogP contribution in [-0.4, -0.2) is 25.0 Å². The molecule has 2 N–H and O–H groups in total. The molecule has 1 aromatic carbocycles. The van der Waals surface area contributed by atoms with Crippen molar-refractivity contribution in [3.8, 4) is 12.1 Å². The van der Waals surface area contributed by atoms with Gasteiger partial charge in [-0.05, 0) is 25.5 Å². The van der Waals surface area contributed by atoms with Gasteiger partial charge in [0.1, 0.15) is 17.1 Å². The maximum Gasteiger partial charge on any atom is 0.293 e. The minimum Gasteiger partial charge on any atom is -0.386 e. The van der Waals surface area contributed by atoms with E-state index in [0.29, 0.717) is 0 Å². The zero-order chi connectivity index (χ0) is 17.6. The Labute approximate surface area is 139 Å². The molecule has 0 amide bonds. The number of hydrogen-bond donors (Lipinski definition) is 1. The Morgan fingerprint density at radius 2 is 1.83 bits per heavy atom. The topological polar surface area (TPSA) is 104 Å². The molecule has 0 radical (unpaired) electrons. The predicted octanol–water partition coefficient (Wildman–Crippen LogP) is 2.04. The highest BCUT2D eigenvalue weighted by Gasteiger charge is 2.94. The van der Waals surface area contributed by atoms with Crippen LogP contribution >= 0.6 is 0 Å². The van der Waals surface area contributed by atoms with E-state index >= 15 is 0 Å². The summed E-state index contributed by atoms with van der Waals surface area (Å²) in [5.74, 6) is -3.08. The molecule has 0 unspecified atom stereocenters. The normalized spacial score (nSPS) is 32.4. The van der Waals surface area contributed by atoms with Gasteiger partial charge in [0.05, 0.1) is 12.1 Å². The fourth-order valence-electron chi connectivity index (χ4n) is 3.93. The second-order valence-corrected chi connectivity index (χ2v) is 5.74. The zero-order valence-corrected chi connectivity index (χ0v) is 13.4. The number of benzene rings is 1. The summed E-state index contributed by atoms with van der Waals surface area (Å²) < 4.78 is 25.7. The van der Waals surface area contributed by atoms with E-state index in [0.717, 1.165) is 0 Å². The van der Waals surface area contributed by atoms with Crippen molar-refractivity contribution < 1.29 is 13.9 Å². The molecule has 124 valence electrons. The molecule has 1 aliphatic heterocycles. The molecule has 1 aliphatic carbocycles. The highest BCUT2D eigenvalue weighted by molar-refractivity contribution is 6.00. The summed E-state index contributed by atoms with van der Waals surface area (Å²) in [6, 6.07) is 10.3. The molecule has 0 aromatic heterocycles. The third-order valence-electron chi connectivity index (χ3n) is 4.82. The smallest absolute Gasteiger partial charge is 0.293 e. The Morgan fingerprint density at radius 3 is 2.33 bits per heavy atom. The van der Waals surface area contributed by atoms with Crippen LogP contribution in [0.25, 0.3) is 0 Å². The van der Waals surface area contributed by atoms with E-state index in [1.165, 1.54) is 6.07 Å². The first-order valence-electron chi connectivity index (χ1n) is 7.72. The number of ether oxygens (including phenoxy) is 2. The number of fused-ring (bicyclic) bond motifs is 1. The Kier molecular flexibility index (Phi) is 3.60. The van der Waals surface area contributed by atoms with Crippen LogP contribution < -0.4 is 5.73 Å². The largest absolute Gasteiger partial charge is 0.386 e. The lowest BCUT2D eigenvalue weighted by atomic mass is 9.93. The number of rotatable bonds is 5. The first-order chi connectivity index (χ1) is 11.5. The minimum atomic E-state index is -1.71. The van der Waals surface area contributed by atoms with Crippen LogP contribution in [0.15, 0.2) is 29.3 Å². The Hall–Kier alpha value is -2.48. The van der Waals surface area contributed by atoms with Gasteiger partial charge >= 0.3 is 0 Å². The number of nitrogens with zero attached hydrogens (tertiary/aromatic N) is 3. The fourth-order valence-corrected chi connectivity index (χ4v) is 3.93. The molecule has 1 fully saturated rings. The van der Waals surface area contributed by atoms with Crippen molar-refractivity contribution in [2.45, 2.75) is 25.7 Å². The Morgan fingerprint density at radius 1 is 1.21 bits per heavy atom. The maximum absolute atomic E-state index is 14.4. The van der Waals surface area contributed by atoms with E-state index in [1.807, 2.05) is 0 Å². The van der Waals surface area contributed by atoms with E-state index in [9.17, 15) is 14.9 Å². The minimum absolute atomic E-state index is 0.0540. The molecule has 0 saturated heterocycles. The molecule has 7 heteroatoms. The fraction of sp³-hybridized carbons (Fsp3) is 0.471. The molecule has 2 aliphatic rings. The average molecular weight is 328 g/mol. The summed E-state index contributed by atoms with van der Waals surface area (Å²) in [5.41, 5.74) is 3.29. The molecule has 1 aromatic rings. The Bertz CT molecular complexity index is 791. The number of aliphatic imine (C=N–C) groups is 1. The van der Waals surface area contributed by atoms with Crippen molar-refractivity contribution in [3.63, 3.8) is 0 Å². The standard InChI is InChI=1S/C17H17FN4O2/c1-3-23-17(24-4-2)16(10-20)13(11-7-5-6-8-12(11)18)15(16,9-19)14(21)22-17/h5-8,13H,3-4H2,1-2H3,(H2,21,22)/t13-,15+,16+/m0/s1. The second kappa shape index (κ2) is 5.27. The number of amidine groups is 1. The van der Waals surface area contributed by atoms with Crippen molar-refractivity contribution in [2.75, 3.05) is 13.2 Å². The lowest BCUT2D eigenvalue weighted by Crippen LogP contribution is -2.43. The van der Waals surface area contributed by atoms with E-state index in [4.69, 9.17) is 15.2 Å². The lowest BCUT2D eigenvalue weighted by molar-refractivity contribution is -0.255. The van der Waals surface area contributed by atoms with Gasteiger partial charge in [-0.3, -0.25) is 0 Å². The summed E-state index contributed by atoms with van der Waals surface area (Å²) in [7, 11) is 0. The van der Waals surface area contributed by atoms with E-state index in [-0.39, 0.29) is 24.6 Å². The summed E-state index contributed by atoms with van der Waals surface area (Å²) >= 11 is 0. The molecule has 0 spiro atoms. The maximum atomic E-state index is 14.4. The monoisotopic (exact) mass is 328 g/mol. The molecule has 3 rings (SSSR count). The number of hydrogen-bond acceptors (Lipinski definition) is 6. The number of nitriles is 2. The lowest BCUT2D eigenvalue weighted by Gasteiger charge is -2.31. The molecule has 3 atom stereocenters. The average Bonchev–Trinajstić information content (AvgIpc) is 3.14. The number of halogens is 1. The summed E-state index contributed by atoms with van der Waals surface area (Å²) in [6.45, 7) is 3.85. The van der Waals surface area contributed by atoms with Gasteiger partial charge in [-0.15, -0.1) is 0 Å².